The van der Waals surface area contributed by atoms with E-state index in [-0.39, 0.29) is 18.0 Å². The lowest BCUT2D eigenvalue weighted by molar-refractivity contribution is 0.0319. The van der Waals surface area contributed by atoms with E-state index in [0.29, 0.717) is 12.0 Å². The normalized spacial score (nSPS) is 19.1. The highest BCUT2D eigenvalue weighted by atomic mass is 19.1. The van der Waals surface area contributed by atoms with Crippen LogP contribution >= 0.6 is 0 Å². The van der Waals surface area contributed by atoms with Crippen molar-refractivity contribution in [3.05, 3.63) is 70.5 Å². The fourth-order valence-electron chi connectivity index (χ4n) is 2.88. The maximum absolute atomic E-state index is 13.7. The number of hydrogen-bond acceptors (Lipinski definition) is 2. The highest BCUT2D eigenvalue weighted by Crippen LogP contribution is 2.33. The molecule has 0 aromatic heterocycles. The maximum Gasteiger partial charge on any atom is 0.126 e. The lowest BCUT2D eigenvalue weighted by Gasteiger charge is -2.28. The number of halogens is 1. The molecular formula is C18H20FNO. The first-order chi connectivity index (χ1) is 10.1. The first-order valence-corrected chi connectivity index (χ1v) is 7.36. The van der Waals surface area contributed by atoms with Gasteiger partial charge in [-0.3, -0.25) is 0 Å². The Morgan fingerprint density at radius 1 is 1.29 bits per heavy atom. The Morgan fingerprint density at radius 3 is 2.90 bits per heavy atom. The van der Waals surface area contributed by atoms with Gasteiger partial charge >= 0.3 is 0 Å². The average molecular weight is 285 g/mol. The van der Waals surface area contributed by atoms with Crippen LogP contribution in [0.5, 0.6) is 0 Å². The molecule has 3 heteroatoms. The Hall–Kier alpha value is -1.71. The molecule has 0 saturated heterocycles. The minimum Gasteiger partial charge on any atom is -0.373 e. The van der Waals surface area contributed by atoms with Crippen molar-refractivity contribution >= 4 is 0 Å². The molecule has 110 valence electrons. The lowest BCUT2D eigenvalue weighted by atomic mass is 9.91. The van der Waals surface area contributed by atoms with Crippen LogP contribution in [0.4, 0.5) is 4.39 Å². The topological polar surface area (TPSA) is 35.2 Å². The summed E-state index contributed by atoms with van der Waals surface area (Å²) in [6.45, 7) is 2.47. The van der Waals surface area contributed by atoms with Crippen molar-refractivity contribution in [1.29, 1.82) is 0 Å². The van der Waals surface area contributed by atoms with E-state index in [1.54, 1.807) is 13.0 Å². The van der Waals surface area contributed by atoms with Gasteiger partial charge in [0.1, 0.15) is 5.82 Å². The number of benzene rings is 2. The summed E-state index contributed by atoms with van der Waals surface area (Å²) < 4.78 is 19.5. The molecule has 3 rings (SSSR count). The zero-order valence-electron chi connectivity index (χ0n) is 12.2. The van der Waals surface area contributed by atoms with Gasteiger partial charge in [-0.15, -0.1) is 0 Å². The molecule has 0 radical (unpaired) electrons. The van der Waals surface area contributed by atoms with E-state index < -0.39 is 0 Å². The maximum atomic E-state index is 13.7. The molecule has 1 aliphatic heterocycles. The van der Waals surface area contributed by atoms with Crippen LogP contribution in [0.1, 0.15) is 40.8 Å². The Kier molecular flexibility index (Phi) is 4.04. The Balaban J connectivity index is 1.79. The molecule has 2 N–H and O–H groups in total. The summed E-state index contributed by atoms with van der Waals surface area (Å²) in [7, 11) is 0. The number of hydrogen-bond donors (Lipinski definition) is 1. The van der Waals surface area contributed by atoms with Crippen molar-refractivity contribution in [3.63, 3.8) is 0 Å². The van der Waals surface area contributed by atoms with Crippen LogP contribution in [0.2, 0.25) is 0 Å². The second-order valence-electron chi connectivity index (χ2n) is 5.66. The molecule has 2 aromatic carbocycles. The van der Waals surface area contributed by atoms with Crippen molar-refractivity contribution in [3.8, 4) is 0 Å². The molecule has 0 aliphatic carbocycles. The van der Waals surface area contributed by atoms with E-state index in [2.05, 4.69) is 18.2 Å². The van der Waals surface area contributed by atoms with Gasteiger partial charge in [0, 0.05) is 6.04 Å². The molecule has 1 aliphatic rings. The van der Waals surface area contributed by atoms with Crippen LogP contribution in [0.3, 0.4) is 0 Å². The predicted molar refractivity (Wildman–Crippen MR) is 81.5 cm³/mol. The van der Waals surface area contributed by atoms with Gasteiger partial charge in [0.2, 0.25) is 0 Å². The van der Waals surface area contributed by atoms with Gasteiger partial charge in [-0.1, -0.05) is 36.4 Å². The molecule has 0 saturated carbocycles. The fraction of sp³-hybridized carbons (Fsp3) is 0.333. The molecule has 0 bridgehead atoms. The van der Waals surface area contributed by atoms with Crippen LogP contribution in [-0.4, -0.2) is 6.61 Å². The van der Waals surface area contributed by atoms with Crippen molar-refractivity contribution in [2.75, 3.05) is 6.61 Å². The monoisotopic (exact) mass is 285 g/mol. The van der Waals surface area contributed by atoms with E-state index >= 15 is 0 Å². The van der Waals surface area contributed by atoms with Crippen molar-refractivity contribution in [2.24, 2.45) is 5.73 Å². The molecule has 0 fully saturated rings. The van der Waals surface area contributed by atoms with Crippen molar-refractivity contribution < 1.29 is 9.13 Å². The van der Waals surface area contributed by atoms with E-state index in [1.165, 1.54) is 17.2 Å². The Bertz CT molecular complexity index is 641. The van der Waals surface area contributed by atoms with Crippen LogP contribution < -0.4 is 5.73 Å². The standard InChI is InChI=1S/C18H20FNO/c1-12-6-7-14(10-16(12)19)17(20)11-18-15-5-3-2-4-13(15)8-9-21-18/h2-7,10,17-18H,8-9,11,20H2,1H3. The van der Waals surface area contributed by atoms with Gasteiger partial charge in [-0.2, -0.15) is 0 Å². The molecule has 2 nitrogen and oxygen atoms in total. The number of ether oxygens (including phenoxy) is 1. The summed E-state index contributed by atoms with van der Waals surface area (Å²) >= 11 is 0. The smallest absolute Gasteiger partial charge is 0.126 e. The van der Waals surface area contributed by atoms with E-state index in [0.717, 1.165) is 18.6 Å². The zero-order chi connectivity index (χ0) is 14.8. The summed E-state index contributed by atoms with van der Waals surface area (Å²) in [5.74, 6) is -0.201. The summed E-state index contributed by atoms with van der Waals surface area (Å²) in [5, 5.41) is 0. The minimum atomic E-state index is -0.226. The van der Waals surface area contributed by atoms with Crippen LogP contribution in [0.15, 0.2) is 42.5 Å². The van der Waals surface area contributed by atoms with Crippen molar-refractivity contribution in [1.82, 2.24) is 0 Å². The fourth-order valence-corrected chi connectivity index (χ4v) is 2.88. The zero-order valence-corrected chi connectivity index (χ0v) is 12.2. The van der Waals surface area contributed by atoms with Gasteiger partial charge in [0.15, 0.2) is 0 Å². The van der Waals surface area contributed by atoms with Gasteiger partial charge in [-0.25, -0.2) is 4.39 Å². The Morgan fingerprint density at radius 2 is 2.10 bits per heavy atom. The molecule has 21 heavy (non-hydrogen) atoms. The summed E-state index contributed by atoms with van der Waals surface area (Å²) in [6.07, 6.45) is 1.61. The van der Waals surface area contributed by atoms with E-state index in [4.69, 9.17) is 10.5 Å². The third kappa shape index (κ3) is 2.99. The quantitative estimate of drug-likeness (QED) is 0.930. The SMILES string of the molecule is Cc1ccc(C(N)CC2OCCc3ccccc32)cc1F. The molecule has 2 unspecified atom stereocenters. The molecule has 0 amide bonds. The summed E-state index contributed by atoms with van der Waals surface area (Å²) in [5.41, 5.74) is 10.3. The molecule has 2 aromatic rings. The third-order valence-corrected chi connectivity index (χ3v) is 4.18. The van der Waals surface area contributed by atoms with Crippen molar-refractivity contribution in [2.45, 2.75) is 31.9 Å². The predicted octanol–water partition coefficient (Wildman–Crippen LogP) is 3.84. The molecule has 0 spiro atoms. The van der Waals surface area contributed by atoms with E-state index in [1.807, 2.05) is 12.1 Å². The second-order valence-corrected chi connectivity index (χ2v) is 5.66. The van der Waals surface area contributed by atoms with Gasteiger partial charge in [-0.05, 0) is 48.1 Å². The molecule has 2 atom stereocenters. The molecule has 1 heterocycles. The number of aryl methyl sites for hydroxylation is 1. The summed E-state index contributed by atoms with van der Waals surface area (Å²) in [6, 6.07) is 13.3. The summed E-state index contributed by atoms with van der Waals surface area (Å²) in [4.78, 5) is 0. The van der Waals surface area contributed by atoms with Gasteiger partial charge < -0.3 is 10.5 Å². The largest absolute Gasteiger partial charge is 0.373 e. The van der Waals surface area contributed by atoms with Gasteiger partial charge in [0.25, 0.3) is 0 Å². The lowest BCUT2D eigenvalue weighted by Crippen LogP contribution is -2.21. The first-order valence-electron chi connectivity index (χ1n) is 7.36. The minimum absolute atomic E-state index is 0.00526. The highest BCUT2D eigenvalue weighted by molar-refractivity contribution is 5.32. The Labute approximate surface area is 124 Å². The van der Waals surface area contributed by atoms with Crippen LogP contribution in [0, 0.1) is 12.7 Å². The van der Waals surface area contributed by atoms with Gasteiger partial charge in [0.05, 0.1) is 12.7 Å². The number of nitrogens with two attached hydrogens (primary N) is 1. The highest BCUT2D eigenvalue weighted by Gasteiger charge is 2.23. The third-order valence-electron chi connectivity index (χ3n) is 4.18. The van der Waals surface area contributed by atoms with E-state index in [9.17, 15) is 4.39 Å². The molecular weight excluding hydrogens is 265 g/mol. The first kappa shape index (κ1) is 14.2. The number of rotatable bonds is 3. The van der Waals surface area contributed by atoms with Crippen LogP contribution in [0.25, 0.3) is 0 Å². The second kappa shape index (κ2) is 5.96. The van der Waals surface area contributed by atoms with Crippen LogP contribution in [-0.2, 0) is 11.2 Å². The average Bonchev–Trinajstić information content (AvgIpc) is 2.50. The number of fused-ring (bicyclic) bond motifs is 1.